The number of amides is 1. The molecule has 0 radical (unpaired) electrons. The number of rotatable bonds is 7. The van der Waals surface area contributed by atoms with Gasteiger partial charge in [0.25, 0.3) is 5.91 Å². The first kappa shape index (κ1) is 18.3. The summed E-state index contributed by atoms with van der Waals surface area (Å²) in [5, 5.41) is 3.86. The quantitative estimate of drug-likeness (QED) is 0.470. The van der Waals surface area contributed by atoms with Gasteiger partial charge < -0.3 is 9.73 Å². The van der Waals surface area contributed by atoms with E-state index in [2.05, 4.69) is 10.3 Å². The fourth-order valence-electron chi connectivity index (χ4n) is 2.92. The molecule has 3 aromatic heterocycles. The molecular weight excluding hydrogens is 370 g/mol. The standard InChI is InChI=1S/C22H19N3O2S/c26-22(24-10-12-28-15-17-6-4-11-27-17)19-13-21(16-5-3-9-23-14-16)25-20-8-2-1-7-18(19)20/h1-9,11,13-14H,10,12,15H2,(H,24,26). The zero-order chi connectivity index (χ0) is 19.2. The molecule has 140 valence electrons. The van der Waals surface area contributed by atoms with Gasteiger partial charge >= 0.3 is 0 Å². The Bertz CT molecular complexity index is 1070. The summed E-state index contributed by atoms with van der Waals surface area (Å²) in [5.74, 6) is 2.46. The van der Waals surface area contributed by atoms with Crippen LogP contribution in [0.4, 0.5) is 0 Å². The lowest BCUT2D eigenvalue weighted by Gasteiger charge is -2.10. The van der Waals surface area contributed by atoms with Gasteiger partial charge in [0, 0.05) is 35.6 Å². The molecule has 0 saturated carbocycles. The molecule has 1 N–H and O–H groups in total. The Labute approximate surface area is 167 Å². The molecule has 4 aromatic rings. The number of nitrogens with zero attached hydrogens (tertiary/aromatic N) is 2. The highest BCUT2D eigenvalue weighted by atomic mass is 32.2. The van der Waals surface area contributed by atoms with Crippen LogP contribution in [0, 0.1) is 0 Å². The Morgan fingerprint density at radius 3 is 2.86 bits per heavy atom. The zero-order valence-corrected chi connectivity index (χ0v) is 16.0. The van der Waals surface area contributed by atoms with Crippen LogP contribution in [0.1, 0.15) is 16.1 Å². The summed E-state index contributed by atoms with van der Waals surface area (Å²) < 4.78 is 5.31. The molecule has 0 aliphatic carbocycles. The zero-order valence-electron chi connectivity index (χ0n) is 15.2. The number of benzene rings is 1. The Kier molecular flexibility index (Phi) is 5.68. The molecule has 5 nitrogen and oxygen atoms in total. The van der Waals surface area contributed by atoms with E-state index in [-0.39, 0.29) is 5.91 Å². The van der Waals surface area contributed by atoms with Gasteiger partial charge in [0.1, 0.15) is 5.76 Å². The molecule has 1 aromatic carbocycles. The van der Waals surface area contributed by atoms with Crippen LogP contribution in [0.25, 0.3) is 22.2 Å². The normalized spacial score (nSPS) is 10.9. The fraction of sp³-hybridized carbons (Fsp3) is 0.136. The molecule has 6 heteroatoms. The van der Waals surface area contributed by atoms with E-state index in [1.807, 2.05) is 54.6 Å². The molecule has 0 saturated heterocycles. The van der Waals surface area contributed by atoms with E-state index < -0.39 is 0 Å². The third-order valence-corrected chi connectivity index (χ3v) is 5.26. The summed E-state index contributed by atoms with van der Waals surface area (Å²) in [6, 6.07) is 17.2. The number of aromatic nitrogens is 2. The number of carbonyl (C=O) groups is 1. The van der Waals surface area contributed by atoms with Crippen LogP contribution in [0.3, 0.4) is 0 Å². The summed E-state index contributed by atoms with van der Waals surface area (Å²) in [5.41, 5.74) is 3.04. The number of thioether (sulfide) groups is 1. The summed E-state index contributed by atoms with van der Waals surface area (Å²) in [6.45, 7) is 0.586. The van der Waals surface area contributed by atoms with E-state index in [0.717, 1.165) is 39.4 Å². The lowest BCUT2D eigenvalue weighted by molar-refractivity contribution is 0.0958. The number of pyridine rings is 2. The van der Waals surface area contributed by atoms with Crippen LogP contribution in [-0.2, 0) is 5.75 Å². The van der Waals surface area contributed by atoms with E-state index in [1.165, 1.54) is 0 Å². The first-order valence-electron chi connectivity index (χ1n) is 9.00. The summed E-state index contributed by atoms with van der Waals surface area (Å²) in [7, 11) is 0. The molecule has 0 atom stereocenters. The monoisotopic (exact) mass is 389 g/mol. The van der Waals surface area contributed by atoms with Gasteiger partial charge in [-0.2, -0.15) is 11.8 Å². The third-order valence-electron chi connectivity index (χ3n) is 4.27. The second-order valence-electron chi connectivity index (χ2n) is 6.20. The van der Waals surface area contributed by atoms with Crippen LogP contribution in [0.5, 0.6) is 0 Å². The van der Waals surface area contributed by atoms with Gasteiger partial charge in [-0.15, -0.1) is 0 Å². The highest BCUT2D eigenvalue weighted by Crippen LogP contribution is 2.24. The number of carbonyl (C=O) groups excluding carboxylic acids is 1. The summed E-state index contributed by atoms with van der Waals surface area (Å²) in [6.07, 6.45) is 5.15. The minimum Gasteiger partial charge on any atom is -0.468 e. The highest BCUT2D eigenvalue weighted by molar-refractivity contribution is 7.98. The second-order valence-corrected chi connectivity index (χ2v) is 7.31. The van der Waals surface area contributed by atoms with E-state index in [4.69, 9.17) is 9.40 Å². The Balaban J connectivity index is 1.49. The van der Waals surface area contributed by atoms with Crippen LogP contribution in [0.15, 0.2) is 77.7 Å². The largest absolute Gasteiger partial charge is 0.468 e. The summed E-state index contributed by atoms with van der Waals surface area (Å²) in [4.78, 5) is 21.7. The van der Waals surface area contributed by atoms with Gasteiger partial charge in [-0.05, 0) is 36.4 Å². The van der Waals surface area contributed by atoms with Gasteiger partial charge in [-0.25, -0.2) is 4.98 Å². The molecule has 3 heterocycles. The van der Waals surface area contributed by atoms with Crippen molar-refractivity contribution in [2.75, 3.05) is 12.3 Å². The van der Waals surface area contributed by atoms with Crippen molar-refractivity contribution in [2.24, 2.45) is 0 Å². The fourth-order valence-corrected chi connectivity index (χ4v) is 3.68. The molecule has 0 bridgehead atoms. The maximum atomic E-state index is 12.9. The Hall–Kier alpha value is -3.12. The van der Waals surface area contributed by atoms with E-state index in [9.17, 15) is 4.79 Å². The van der Waals surface area contributed by atoms with Crippen molar-refractivity contribution in [1.29, 1.82) is 0 Å². The van der Waals surface area contributed by atoms with Crippen molar-refractivity contribution >= 4 is 28.6 Å². The Morgan fingerprint density at radius 1 is 1.11 bits per heavy atom. The molecule has 0 spiro atoms. The van der Waals surface area contributed by atoms with Crippen LogP contribution in [0.2, 0.25) is 0 Å². The number of hydrogen-bond donors (Lipinski definition) is 1. The molecular formula is C22H19N3O2S. The third kappa shape index (κ3) is 4.23. The molecule has 4 rings (SSSR count). The minimum atomic E-state index is -0.0951. The predicted molar refractivity (Wildman–Crippen MR) is 112 cm³/mol. The maximum Gasteiger partial charge on any atom is 0.252 e. The number of furan rings is 1. The van der Waals surface area contributed by atoms with Crippen molar-refractivity contribution in [1.82, 2.24) is 15.3 Å². The van der Waals surface area contributed by atoms with Crippen LogP contribution >= 0.6 is 11.8 Å². The summed E-state index contributed by atoms with van der Waals surface area (Å²) >= 11 is 1.72. The molecule has 0 fully saturated rings. The van der Waals surface area contributed by atoms with Gasteiger partial charge in [0.15, 0.2) is 0 Å². The minimum absolute atomic E-state index is 0.0951. The van der Waals surface area contributed by atoms with Crippen molar-refractivity contribution in [3.05, 3.63) is 84.6 Å². The smallest absolute Gasteiger partial charge is 0.252 e. The average molecular weight is 389 g/mol. The molecule has 0 aliphatic rings. The lowest BCUT2D eigenvalue weighted by Crippen LogP contribution is -2.26. The van der Waals surface area contributed by atoms with Gasteiger partial charge in [0.05, 0.1) is 28.8 Å². The van der Waals surface area contributed by atoms with Crippen molar-refractivity contribution in [2.45, 2.75) is 5.75 Å². The topological polar surface area (TPSA) is 68.0 Å². The van der Waals surface area contributed by atoms with Gasteiger partial charge in [-0.1, -0.05) is 18.2 Å². The number of para-hydroxylation sites is 1. The highest BCUT2D eigenvalue weighted by Gasteiger charge is 2.13. The lowest BCUT2D eigenvalue weighted by atomic mass is 10.0. The van der Waals surface area contributed by atoms with Crippen molar-refractivity contribution < 1.29 is 9.21 Å². The number of hydrogen-bond acceptors (Lipinski definition) is 5. The van der Waals surface area contributed by atoms with E-state index in [1.54, 1.807) is 30.4 Å². The van der Waals surface area contributed by atoms with Gasteiger partial charge in [0.2, 0.25) is 0 Å². The molecule has 0 aliphatic heterocycles. The predicted octanol–water partition coefficient (Wildman–Crippen LogP) is 4.55. The van der Waals surface area contributed by atoms with Crippen LogP contribution < -0.4 is 5.32 Å². The molecule has 28 heavy (non-hydrogen) atoms. The Morgan fingerprint density at radius 2 is 2.04 bits per heavy atom. The first-order chi connectivity index (χ1) is 13.8. The number of nitrogens with one attached hydrogen (secondary N) is 1. The maximum absolute atomic E-state index is 12.9. The van der Waals surface area contributed by atoms with Crippen molar-refractivity contribution in [3.63, 3.8) is 0 Å². The van der Waals surface area contributed by atoms with E-state index >= 15 is 0 Å². The number of fused-ring (bicyclic) bond motifs is 1. The van der Waals surface area contributed by atoms with Crippen molar-refractivity contribution in [3.8, 4) is 11.3 Å². The SMILES string of the molecule is O=C(NCCSCc1ccco1)c1cc(-c2cccnc2)nc2ccccc12. The first-order valence-corrected chi connectivity index (χ1v) is 10.2. The van der Waals surface area contributed by atoms with Crippen LogP contribution in [-0.4, -0.2) is 28.2 Å². The average Bonchev–Trinajstić information content (AvgIpc) is 3.27. The van der Waals surface area contributed by atoms with E-state index in [0.29, 0.717) is 12.1 Å². The second kappa shape index (κ2) is 8.71. The molecule has 0 unspecified atom stereocenters. The molecule has 1 amide bonds. The van der Waals surface area contributed by atoms with Gasteiger partial charge in [-0.3, -0.25) is 9.78 Å².